The molecule has 0 aliphatic carbocycles. The van der Waals surface area contributed by atoms with E-state index in [9.17, 15) is 0 Å². The average Bonchev–Trinajstić information content (AvgIpc) is 2.35. The van der Waals surface area contributed by atoms with Gasteiger partial charge in [-0.05, 0) is 28.7 Å². The molecule has 2 aromatic rings. The number of halogens is 2. The highest BCUT2D eigenvalue weighted by atomic mass is 127. The highest BCUT2D eigenvalue weighted by molar-refractivity contribution is 14.1. The molecule has 2 rings (SSSR count). The zero-order valence-corrected chi connectivity index (χ0v) is 9.07. The van der Waals surface area contributed by atoms with Gasteiger partial charge in [-0.25, -0.2) is 4.98 Å². The predicted octanol–water partition coefficient (Wildman–Crippen LogP) is 3.55. The minimum Gasteiger partial charge on any atom is -0.243 e. The minimum atomic E-state index is 0.607. The average molecular weight is 296 g/mol. The maximum atomic E-state index is 5.87. The Bertz CT molecular complexity index is 398. The molecule has 0 bridgehead atoms. The first-order valence-electron chi connectivity index (χ1n) is 2.96. The summed E-state index contributed by atoms with van der Waals surface area (Å²) in [5.74, 6) is 0. The first-order valence-corrected chi connectivity index (χ1v) is 5.30. The van der Waals surface area contributed by atoms with Crippen LogP contribution in [0.15, 0.2) is 17.6 Å². The van der Waals surface area contributed by atoms with E-state index in [0.717, 1.165) is 4.70 Å². The van der Waals surface area contributed by atoms with Crippen LogP contribution in [0.2, 0.25) is 5.15 Å². The molecule has 0 amide bonds. The lowest BCUT2D eigenvalue weighted by molar-refractivity contribution is 1.37. The molecule has 0 atom stereocenters. The van der Waals surface area contributed by atoms with Gasteiger partial charge < -0.3 is 0 Å². The monoisotopic (exact) mass is 295 g/mol. The molecule has 0 saturated carbocycles. The van der Waals surface area contributed by atoms with Crippen LogP contribution in [0.5, 0.6) is 0 Å². The maximum absolute atomic E-state index is 5.87. The number of hydrogen-bond donors (Lipinski definition) is 0. The van der Waals surface area contributed by atoms with Gasteiger partial charge in [-0.2, -0.15) is 0 Å². The van der Waals surface area contributed by atoms with Crippen molar-refractivity contribution in [2.24, 2.45) is 0 Å². The molecule has 0 spiro atoms. The lowest BCUT2D eigenvalue weighted by Crippen LogP contribution is -1.72. The van der Waals surface area contributed by atoms with Crippen LogP contribution in [-0.2, 0) is 0 Å². The second-order valence-corrected chi connectivity index (χ2v) is 4.46. The smallest absolute Gasteiger partial charge is 0.146 e. The Labute approximate surface area is 86.5 Å². The largest absolute Gasteiger partial charge is 0.243 e. The molecule has 2 aromatic heterocycles. The molecule has 0 N–H and O–H groups in total. The van der Waals surface area contributed by atoms with Crippen LogP contribution in [-0.4, -0.2) is 4.98 Å². The van der Waals surface area contributed by atoms with Crippen molar-refractivity contribution in [2.75, 3.05) is 0 Å². The summed E-state index contributed by atoms with van der Waals surface area (Å²) in [7, 11) is 0. The van der Waals surface area contributed by atoms with Gasteiger partial charge in [0.2, 0.25) is 0 Å². The van der Waals surface area contributed by atoms with Crippen molar-refractivity contribution in [3.05, 3.63) is 26.4 Å². The summed E-state index contributed by atoms with van der Waals surface area (Å²) in [5.41, 5.74) is 0. The van der Waals surface area contributed by atoms with Gasteiger partial charge in [0.05, 0.1) is 4.70 Å². The zero-order valence-electron chi connectivity index (χ0n) is 5.34. The molecule has 0 fully saturated rings. The molecule has 0 aromatic carbocycles. The highest BCUT2D eigenvalue weighted by Crippen LogP contribution is 2.30. The number of hydrogen-bond acceptors (Lipinski definition) is 2. The maximum Gasteiger partial charge on any atom is 0.146 e. The molecule has 4 heteroatoms. The van der Waals surface area contributed by atoms with E-state index in [1.54, 1.807) is 17.5 Å². The summed E-state index contributed by atoms with van der Waals surface area (Å²) < 4.78 is 2.32. The van der Waals surface area contributed by atoms with Crippen LogP contribution in [0.1, 0.15) is 0 Å². The van der Waals surface area contributed by atoms with Crippen LogP contribution in [0.4, 0.5) is 0 Å². The van der Waals surface area contributed by atoms with Crippen molar-refractivity contribution >= 4 is 55.6 Å². The topological polar surface area (TPSA) is 12.9 Å². The summed E-state index contributed by atoms with van der Waals surface area (Å²) in [6.45, 7) is 0. The van der Waals surface area contributed by atoms with Gasteiger partial charge in [-0.1, -0.05) is 11.6 Å². The van der Waals surface area contributed by atoms with Gasteiger partial charge in [-0.3, -0.25) is 0 Å². The Hall–Kier alpha value is 0.130. The molecule has 56 valence electrons. The Morgan fingerprint density at radius 3 is 3.09 bits per heavy atom. The Kier molecular flexibility index (Phi) is 2.03. The van der Waals surface area contributed by atoms with Gasteiger partial charge in [0.15, 0.2) is 0 Å². The molecular formula is C7H3ClINS. The van der Waals surface area contributed by atoms with E-state index in [1.807, 2.05) is 6.07 Å². The van der Waals surface area contributed by atoms with Gasteiger partial charge in [0, 0.05) is 20.5 Å². The normalized spacial score (nSPS) is 10.7. The lowest BCUT2D eigenvalue weighted by atomic mass is 10.3. The van der Waals surface area contributed by atoms with E-state index in [-0.39, 0.29) is 0 Å². The zero-order chi connectivity index (χ0) is 7.84. The number of pyridine rings is 1. The van der Waals surface area contributed by atoms with E-state index < -0.39 is 0 Å². The molecule has 2 heterocycles. The summed E-state index contributed by atoms with van der Waals surface area (Å²) >= 11 is 9.80. The van der Waals surface area contributed by atoms with E-state index in [0.29, 0.717) is 5.15 Å². The first kappa shape index (κ1) is 7.76. The SMILES string of the molecule is Clc1nccc2c(I)csc12. The summed E-state index contributed by atoms with van der Waals surface area (Å²) in [4.78, 5) is 3.99. The van der Waals surface area contributed by atoms with Crippen LogP contribution < -0.4 is 0 Å². The molecule has 0 radical (unpaired) electrons. The third-order valence-electron chi connectivity index (χ3n) is 1.40. The predicted molar refractivity (Wildman–Crippen MR) is 57.3 cm³/mol. The third kappa shape index (κ3) is 1.25. The molecule has 1 nitrogen and oxygen atoms in total. The third-order valence-corrected chi connectivity index (χ3v) is 4.11. The van der Waals surface area contributed by atoms with Crippen LogP contribution in [0.25, 0.3) is 10.1 Å². The molecule has 0 unspecified atom stereocenters. The van der Waals surface area contributed by atoms with Gasteiger partial charge >= 0.3 is 0 Å². The molecule has 0 aliphatic heterocycles. The number of rotatable bonds is 0. The van der Waals surface area contributed by atoms with E-state index in [2.05, 4.69) is 33.0 Å². The van der Waals surface area contributed by atoms with Crippen LogP contribution in [0, 0.1) is 3.57 Å². The number of aromatic nitrogens is 1. The molecule has 0 saturated heterocycles. The van der Waals surface area contributed by atoms with E-state index in [4.69, 9.17) is 11.6 Å². The van der Waals surface area contributed by atoms with Crippen LogP contribution >= 0.6 is 45.5 Å². The summed E-state index contributed by atoms with van der Waals surface area (Å²) in [5, 5.41) is 3.89. The molecule has 11 heavy (non-hydrogen) atoms. The fourth-order valence-corrected chi connectivity index (χ4v) is 3.01. The molecular weight excluding hydrogens is 293 g/mol. The Morgan fingerprint density at radius 2 is 2.36 bits per heavy atom. The Balaban J connectivity index is 2.94. The number of thiophene rings is 1. The second-order valence-electron chi connectivity index (χ2n) is 2.06. The fraction of sp³-hybridized carbons (Fsp3) is 0. The van der Waals surface area contributed by atoms with Gasteiger partial charge in [-0.15, -0.1) is 11.3 Å². The van der Waals surface area contributed by atoms with Gasteiger partial charge in [0.1, 0.15) is 5.15 Å². The fourth-order valence-electron chi connectivity index (χ4n) is 0.897. The van der Waals surface area contributed by atoms with Crippen molar-refractivity contribution in [2.45, 2.75) is 0 Å². The minimum absolute atomic E-state index is 0.607. The number of fused-ring (bicyclic) bond motifs is 1. The van der Waals surface area contributed by atoms with Gasteiger partial charge in [0.25, 0.3) is 0 Å². The van der Waals surface area contributed by atoms with Crippen molar-refractivity contribution in [1.29, 1.82) is 0 Å². The first-order chi connectivity index (χ1) is 5.29. The quantitative estimate of drug-likeness (QED) is 0.535. The summed E-state index contributed by atoms with van der Waals surface area (Å²) in [6, 6.07) is 1.99. The highest BCUT2D eigenvalue weighted by Gasteiger charge is 2.03. The van der Waals surface area contributed by atoms with Crippen molar-refractivity contribution in [3.63, 3.8) is 0 Å². The van der Waals surface area contributed by atoms with Crippen molar-refractivity contribution in [3.8, 4) is 0 Å². The second kappa shape index (κ2) is 2.88. The van der Waals surface area contributed by atoms with E-state index >= 15 is 0 Å². The van der Waals surface area contributed by atoms with Crippen molar-refractivity contribution < 1.29 is 0 Å². The van der Waals surface area contributed by atoms with Crippen LogP contribution in [0.3, 0.4) is 0 Å². The lowest BCUT2D eigenvalue weighted by Gasteiger charge is -1.90. The van der Waals surface area contributed by atoms with E-state index in [1.165, 1.54) is 8.96 Å². The standard InChI is InChI=1S/C7H3ClINS/c8-7-6-4(1-2-10-7)5(9)3-11-6/h1-3H. The van der Waals surface area contributed by atoms with Crippen molar-refractivity contribution in [1.82, 2.24) is 4.98 Å². The summed E-state index contributed by atoms with van der Waals surface area (Å²) in [6.07, 6.45) is 1.74. The molecule has 0 aliphatic rings. The number of nitrogens with zero attached hydrogens (tertiary/aromatic N) is 1. The Morgan fingerprint density at radius 1 is 1.55 bits per heavy atom.